The Balaban J connectivity index is 0.00000361. The standard InChI is InChI=1S/C16H25NO2.ClH/c1-12(2)17(13(3)4)9-10-19-16-8-6-7-15(11-16)14(5)18;/h6-8,11-13H,9-10H2,1-5H3;1H. The molecule has 0 radical (unpaired) electrons. The van der Waals surface area contributed by atoms with Crippen LogP contribution in [-0.4, -0.2) is 31.0 Å². The topological polar surface area (TPSA) is 30.7 Å². The van der Waals surface area contributed by atoms with E-state index in [1.165, 1.54) is 4.90 Å². The van der Waals surface area contributed by atoms with Crippen molar-refractivity contribution in [2.24, 2.45) is 0 Å². The number of hydrogen-bond acceptors (Lipinski definition) is 2. The Labute approximate surface area is 128 Å². The Morgan fingerprint density at radius 2 is 1.80 bits per heavy atom. The van der Waals surface area contributed by atoms with E-state index in [4.69, 9.17) is 4.74 Å². The number of nitrogens with one attached hydrogen (secondary N) is 1. The summed E-state index contributed by atoms with van der Waals surface area (Å²) in [6.07, 6.45) is 0. The van der Waals surface area contributed by atoms with Gasteiger partial charge < -0.3 is 22.0 Å². The highest BCUT2D eigenvalue weighted by molar-refractivity contribution is 5.94. The zero-order valence-corrected chi connectivity index (χ0v) is 13.8. The van der Waals surface area contributed by atoms with Gasteiger partial charge in [-0.1, -0.05) is 12.1 Å². The highest BCUT2D eigenvalue weighted by Crippen LogP contribution is 2.13. The third-order valence-corrected chi connectivity index (χ3v) is 3.38. The minimum absolute atomic E-state index is 0. The van der Waals surface area contributed by atoms with Crippen molar-refractivity contribution < 1.29 is 26.8 Å². The van der Waals surface area contributed by atoms with Crippen LogP contribution in [0.1, 0.15) is 45.0 Å². The Kier molecular flexibility index (Phi) is 8.51. The largest absolute Gasteiger partial charge is 1.00 e. The number of Topliss-reactive ketones (excluding diaryl/α,β-unsaturated/α-hetero) is 1. The van der Waals surface area contributed by atoms with Gasteiger partial charge in [-0.05, 0) is 46.8 Å². The maximum absolute atomic E-state index is 11.3. The number of halogens is 1. The summed E-state index contributed by atoms with van der Waals surface area (Å²) in [4.78, 5) is 12.8. The number of quaternary nitrogens is 1. The molecule has 1 rings (SSSR count). The summed E-state index contributed by atoms with van der Waals surface area (Å²) in [6, 6.07) is 8.57. The highest BCUT2D eigenvalue weighted by atomic mass is 35.5. The lowest BCUT2D eigenvalue weighted by molar-refractivity contribution is -0.942. The molecule has 0 unspecified atom stereocenters. The van der Waals surface area contributed by atoms with Crippen LogP contribution in [0.4, 0.5) is 0 Å². The SMILES string of the molecule is CC(=O)c1cccc(OCC[NH+](C(C)C)C(C)C)c1.[Cl-]. The molecule has 0 saturated carbocycles. The van der Waals surface area contributed by atoms with E-state index in [1.807, 2.05) is 24.3 Å². The van der Waals surface area contributed by atoms with Gasteiger partial charge in [0.05, 0.1) is 12.1 Å². The summed E-state index contributed by atoms with van der Waals surface area (Å²) >= 11 is 0. The minimum Gasteiger partial charge on any atom is -1.00 e. The van der Waals surface area contributed by atoms with E-state index in [0.717, 1.165) is 12.3 Å². The molecular formula is C16H26ClNO2. The van der Waals surface area contributed by atoms with Gasteiger partial charge in [0.15, 0.2) is 5.78 Å². The summed E-state index contributed by atoms with van der Waals surface area (Å²) in [5, 5.41) is 0. The van der Waals surface area contributed by atoms with Crippen molar-refractivity contribution in [2.45, 2.75) is 46.7 Å². The van der Waals surface area contributed by atoms with Gasteiger partial charge in [-0.2, -0.15) is 0 Å². The van der Waals surface area contributed by atoms with Crippen molar-refractivity contribution >= 4 is 5.78 Å². The van der Waals surface area contributed by atoms with Crippen molar-refractivity contribution in [2.75, 3.05) is 13.2 Å². The van der Waals surface area contributed by atoms with Gasteiger partial charge in [-0.15, -0.1) is 0 Å². The van der Waals surface area contributed by atoms with Crippen LogP contribution < -0.4 is 22.0 Å². The molecule has 3 nitrogen and oxygen atoms in total. The van der Waals surface area contributed by atoms with Crippen molar-refractivity contribution in [3.05, 3.63) is 29.8 Å². The molecule has 0 heterocycles. The third-order valence-electron chi connectivity index (χ3n) is 3.38. The summed E-state index contributed by atoms with van der Waals surface area (Å²) < 4.78 is 5.75. The number of ketones is 1. The first-order valence-corrected chi connectivity index (χ1v) is 7.01. The van der Waals surface area contributed by atoms with Gasteiger partial charge in [-0.3, -0.25) is 4.79 Å². The number of hydrogen-bond donors (Lipinski definition) is 1. The van der Waals surface area contributed by atoms with E-state index in [1.54, 1.807) is 6.92 Å². The molecule has 114 valence electrons. The molecule has 1 aromatic carbocycles. The molecule has 0 aromatic heterocycles. The molecule has 0 aliphatic rings. The van der Waals surface area contributed by atoms with Crippen LogP contribution in [0.3, 0.4) is 0 Å². The lowest BCUT2D eigenvalue weighted by atomic mass is 10.1. The maximum atomic E-state index is 11.3. The fraction of sp³-hybridized carbons (Fsp3) is 0.562. The zero-order valence-electron chi connectivity index (χ0n) is 13.1. The van der Waals surface area contributed by atoms with Gasteiger partial charge >= 0.3 is 0 Å². The number of carbonyl (C=O) groups is 1. The zero-order chi connectivity index (χ0) is 14.4. The number of carbonyl (C=O) groups excluding carboxylic acids is 1. The summed E-state index contributed by atoms with van der Waals surface area (Å²) in [7, 11) is 0. The van der Waals surface area contributed by atoms with Crippen LogP contribution in [0, 0.1) is 0 Å². The predicted octanol–water partition coefficient (Wildman–Crippen LogP) is -1.03. The first-order chi connectivity index (χ1) is 8.91. The molecule has 0 atom stereocenters. The van der Waals surface area contributed by atoms with Crippen LogP contribution in [0.15, 0.2) is 24.3 Å². The van der Waals surface area contributed by atoms with Crippen LogP contribution in [-0.2, 0) is 0 Å². The van der Waals surface area contributed by atoms with Crippen LogP contribution in [0.5, 0.6) is 5.75 Å². The van der Waals surface area contributed by atoms with Gasteiger partial charge in [-0.25, -0.2) is 0 Å². The maximum Gasteiger partial charge on any atom is 0.159 e. The average Bonchev–Trinajstić information content (AvgIpc) is 2.34. The second-order valence-corrected chi connectivity index (χ2v) is 5.57. The van der Waals surface area contributed by atoms with Crippen LogP contribution in [0.25, 0.3) is 0 Å². The van der Waals surface area contributed by atoms with E-state index < -0.39 is 0 Å². The molecule has 4 heteroatoms. The molecule has 0 amide bonds. The van der Waals surface area contributed by atoms with Crippen molar-refractivity contribution in [3.8, 4) is 5.75 Å². The Bertz CT molecular complexity index is 411. The lowest BCUT2D eigenvalue weighted by Gasteiger charge is -2.27. The minimum atomic E-state index is 0. The molecule has 1 N–H and O–H groups in total. The van der Waals surface area contributed by atoms with Crippen molar-refractivity contribution in [3.63, 3.8) is 0 Å². The summed E-state index contributed by atoms with van der Waals surface area (Å²) in [6.45, 7) is 12.1. The van der Waals surface area contributed by atoms with E-state index in [-0.39, 0.29) is 18.2 Å². The first-order valence-electron chi connectivity index (χ1n) is 7.01. The normalized spacial score (nSPS) is 10.8. The fourth-order valence-corrected chi connectivity index (χ4v) is 2.34. The smallest absolute Gasteiger partial charge is 0.159 e. The highest BCUT2D eigenvalue weighted by Gasteiger charge is 2.16. The van der Waals surface area contributed by atoms with E-state index in [9.17, 15) is 4.79 Å². The van der Waals surface area contributed by atoms with E-state index >= 15 is 0 Å². The molecule has 0 aliphatic carbocycles. The Morgan fingerprint density at radius 3 is 2.30 bits per heavy atom. The van der Waals surface area contributed by atoms with Gasteiger partial charge in [0.2, 0.25) is 0 Å². The quantitative estimate of drug-likeness (QED) is 0.653. The third kappa shape index (κ3) is 5.93. The lowest BCUT2D eigenvalue weighted by Crippen LogP contribution is -3.18. The molecule has 0 spiro atoms. The van der Waals surface area contributed by atoms with Gasteiger partial charge in [0.25, 0.3) is 0 Å². The first kappa shape index (κ1) is 18.9. The molecular weight excluding hydrogens is 274 g/mol. The molecule has 0 fully saturated rings. The van der Waals surface area contributed by atoms with E-state index in [0.29, 0.717) is 24.3 Å². The second-order valence-electron chi connectivity index (χ2n) is 5.57. The molecule has 0 saturated heterocycles. The van der Waals surface area contributed by atoms with Crippen molar-refractivity contribution in [1.29, 1.82) is 0 Å². The van der Waals surface area contributed by atoms with Crippen molar-refractivity contribution in [1.82, 2.24) is 0 Å². The second kappa shape index (κ2) is 8.98. The monoisotopic (exact) mass is 299 g/mol. The number of rotatable bonds is 7. The molecule has 1 aromatic rings. The predicted molar refractivity (Wildman–Crippen MR) is 78.0 cm³/mol. The van der Waals surface area contributed by atoms with Gasteiger partial charge in [0.1, 0.15) is 18.9 Å². The van der Waals surface area contributed by atoms with Gasteiger partial charge in [0, 0.05) is 5.56 Å². The van der Waals surface area contributed by atoms with E-state index in [2.05, 4.69) is 27.7 Å². The molecule has 0 bridgehead atoms. The molecule has 20 heavy (non-hydrogen) atoms. The number of benzene rings is 1. The molecule has 0 aliphatic heterocycles. The van der Waals surface area contributed by atoms with Crippen LogP contribution >= 0.6 is 0 Å². The summed E-state index contributed by atoms with van der Waals surface area (Å²) in [5.74, 6) is 0.849. The fourth-order valence-electron chi connectivity index (χ4n) is 2.34. The Morgan fingerprint density at radius 1 is 1.20 bits per heavy atom. The van der Waals surface area contributed by atoms with Crippen LogP contribution in [0.2, 0.25) is 0 Å². The Hall–Kier alpha value is -1.06. The number of ether oxygens (including phenoxy) is 1. The summed E-state index contributed by atoms with van der Waals surface area (Å²) in [5.41, 5.74) is 0.703. The average molecular weight is 300 g/mol.